The number of aliphatic hydroxyl groups is 2. The Balaban J connectivity index is 1.10. The van der Waals surface area contributed by atoms with Crippen molar-refractivity contribution in [1.82, 2.24) is 4.90 Å². The van der Waals surface area contributed by atoms with E-state index in [1.165, 1.54) is 7.11 Å². The number of hydrogen-bond acceptors (Lipinski definition) is 6. The van der Waals surface area contributed by atoms with Crippen molar-refractivity contribution in [3.8, 4) is 5.75 Å². The Morgan fingerprint density at radius 1 is 0.940 bits per heavy atom. The average Bonchev–Trinajstić information content (AvgIpc) is 3.36. The number of anilines is 3. The van der Waals surface area contributed by atoms with E-state index in [-0.39, 0.29) is 37.4 Å². The van der Waals surface area contributed by atoms with Crippen molar-refractivity contribution >= 4 is 34.8 Å². The van der Waals surface area contributed by atoms with Crippen LogP contribution in [0.4, 0.5) is 17.1 Å². The van der Waals surface area contributed by atoms with Gasteiger partial charge in [-0.05, 0) is 71.5 Å². The van der Waals surface area contributed by atoms with Crippen LogP contribution >= 0.6 is 0 Å². The predicted octanol–water partition coefficient (Wildman–Crippen LogP) is 5.57. The van der Waals surface area contributed by atoms with Crippen LogP contribution in [-0.2, 0) is 45.9 Å². The lowest BCUT2D eigenvalue weighted by Gasteiger charge is -2.36. The van der Waals surface area contributed by atoms with Gasteiger partial charge in [-0.3, -0.25) is 19.3 Å². The molecular weight excluding hydrogens is 630 g/mol. The number of nitrogens with zero attached hydrogens (tertiary/aromatic N) is 3. The highest BCUT2D eigenvalue weighted by Crippen LogP contribution is 2.47. The van der Waals surface area contributed by atoms with Gasteiger partial charge < -0.3 is 24.7 Å². The molecule has 0 unspecified atom stereocenters. The van der Waals surface area contributed by atoms with Crippen LogP contribution in [0.5, 0.6) is 5.75 Å². The SMILES string of the molecule is COc1ccc2c(c1)[C@](O)([C@@H](C)/C=C/CC(=O)N1Cc3ccccc3C[C@H]1CO)C(=O)N2Cc1ccc(N2C(=O)CCc3ccccc32)cc1. The summed E-state index contributed by atoms with van der Waals surface area (Å²) in [4.78, 5) is 45.6. The van der Waals surface area contributed by atoms with Gasteiger partial charge >= 0.3 is 0 Å². The molecule has 3 aliphatic heterocycles. The smallest absolute Gasteiger partial charge is 0.264 e. The van der Waals surface area contributed by atoms with E-state index in [4.69, 9.17) is 4.74 Å². The fraction of sp³-hybridized carbons (Fsp3) is 0.293. The number of benzene rings is 4. The number of fused-ring (bicyclic) bond motifs is 3. The van der Waals surface area contributed by atoms with E-state index in [9.17, 15) is 24.6 Å². The van der Waals surface area contributed by atoms with Crippen molar-refractivity contribution < 1.29 is 29.3 Å². The fourth-order valence-electron chi connectivity index (χ4n) is 7.53. The Morgan fingerprint density at radius 2 is 1.66 bits per heavy atom. The highest BCUT2D eigenvalue weighted by Gasteiger charge is 2.52. The van der Waals surface area contributed by atoms with Crippen molar-refractivity contribution in [3.05, 3.63) is 131 Å². The van der Waals surface area contributed by atoms with Crippen molar-refractivity contribution in [3.63, 3.8) is 0 Å². The zero-order chi connectivity index (χ0) is 35.0. The van der Waals surface area contributed by atoms with E-state index in [1.54, 1.807) is 52.0 Å². The maximum atomic E-state index is 14.2. The third-order valence-electron chi connectivity index (χ3n) is 10.4. The number of aliphatic hydroxyl groups excluding tert-OH is 1. The lowest BCUT2D eigenvalue weighted by Crippen LogP contribution is -2.46. The number of ether oxygens (including phenoxy) is 1. The summed E-state index contributed by atoms with van der Waals surface area (Å²) in [5.74, 6) is -0.728. The molecule has 256 valence electrons. The van der Waals surface area contributed by atoms with Crippen LogP contribution < -0.4 is 14.5 Å². The maximum absolute atomic E-state index is 14.2. The molecule has 4 aromatic rings. The Labute approximate surface area is 292 Å². The van der Waals surface area contributed by atoms with Gasteiger partial charge in [0.15, 0.2) is 5.60 Å². The summed E-state index contributed by atoms with van der Waals surface area (Å²) >= 11 is 0. The number of para-hydroxylation sites is 1. The van der Waals surface area contributed by atoms with Gasteiger partial charge in [-0.15, -0.1) is 0 Å². The summed E-state index contributed by atoms with van der Waals surface area (Å²) in [6.07, 6.45) is 5.24. The summed E-state index contributed by atoms with van der Waals surface area (Å²) in [7, 11) is 1.54. The van der Waals surface area contributed by atoms with Crippen LogP contribution in [0.2, 0.25) is 0 Å². The molecule has 0 spiro atoms. The Morgan fingerprint density at radius 3 is 2.40 bits per heavy atom. The highest BCUT2D eigenvalue weighted by atomic mass is 16.5. The second-order valence-corrected chi connectivity index (χ2v) is 13.3. The van der Waals surface area contributed by atoms with Crippen LogP contribution in [0.3, 0.4) is 0 Å². The normalized spacial score (nSPS) is 20.5. The molecule has 4 aromatic carbocycles. The molecule has 0 saturated heterocycles. The zero-order valence-electron chi connectivity index (χ0n) is 28.3. The van der Waals surface area contributed by atoms with Gasteiger partial charge in [0.2, 0.25) is 11.8 Å². The summed E-state index contributed by atoms with van der Waals surface area (Å²) in [6, 6.07) is 28.4. The molecule has 3 aliphatic rings. The number of carbonyl (C=O) groups excluding carboxylic acids is 3. The van der Waals surface area contributed by atoms with Gasteiger partial charge in [-0.25, -0.2) is 0 Å². The molecule has 3 atom stereocenters. The minimum Gasteiger partial charge on any atom is -0.497 e. The standard InChI is InChI=1S/C41H41N3O6/c1-27(8-7-13-38(46)42-25-31-11-4-3-10-30(31)22-33(42)26-45)41(49)35-23-34(50-2)19-20-37(35)43(40(41)48)24-28-14-17-32(18-15-28)44-36-12-6-5-9-29(36)16-21-39(44)47/h3-12,14-15,17-20,23,27,33,45,49H,13,16,21-22,24-26H2,1-2H3/b8-7+/t27-,33-,41+/m0/s1. The van der Waals surface area contributed by atoms with Gasteiger partial charge in [0.25, 0.3) is 5.91 Å². The molecule has 0 bridgehead atoms. The molecule has 3 heterocycles. The number of rotatable bonds is 9. The maximum Gasteiger partial charge on any atom is 0.264 e. The lowest BCUT2D eigenvalue weighted by atomic mass is 9.82. The highest BCUT2D eigenvalue weighted by molar-refractivity contribution is 6.07. The van der Waals surface area contributed by atoms with E-state index >= 15 is 0 Å². The molecule has 0 aromatic heterocycles. The average molecular weight is 672 g/mol. The molecule has 3 amide bonds. The summed E-state index contributed by atoms with van der Waals surface area (Å²) in [5, 5.41) is 22.2. The molecule has 9 nitrogen and oxygen atoms in total. The molecule has 0 radical (unpaired) electrons. The van der Waals surface area contributed by atoms with Crippen LogP contribution in [0.15, 0.2) is 103 Å². The molecule has 7 rings (SSSR count). The van der Waals surface area contributed by atoms with Crippen LogP contribution in [0.25, 0.3) is 0 Å². The first-order valence-corrected chi connectivity index (χ1v) is 17.1. The van der Waals surface area contributed by atoms with E-state index < -0.39 is 17.4 Å². The molecule has 2 N–H and O–H groups in total. The molecule has 0 fully saturated rings. The Hall–Kier alpha value is -5.25. The largest absolute Gasteiger partial charge is 0.497 e. The second-order valence-electron chi connectivity index (χ2n) is 13.3. The van der Waals surface area contributed by atoms with E-state index in [0.717, 1.165) is 40.0 Å². The van der Waals surface area contributed by atoms with Crippen molar-refractivity contribution in [2.75, 3.05) is 23.5 Å². The van der Waals surface area contributed by atoms with Crippen molar-refractivity contribution in [2.45, 2.75) is 57.3 Å². The van der Waals surface area contributed by atoms with Crippen LogP contribution in [0.1, 0.15) is 47.6 Å². The Bertz CT molecular complexity index is 1970. The van der Waals surface area contributed by atoms with Gasteiger partial charge in [-0.2, -0.15) is 0 Å². The van der Waals surface area contributed by atoms with E-state index in [2.05, 4.69) is 0 Å². The van der Waals surface area contributed by atoms with Gasteiger partial charge in [0.1, 0.15) is 5.75 Å². The first-order chi connectivity index (χ1) is 24.2. The monoisotopic (exact) mass is 671 g/mol. The topological polar surface area (TPSA) is 111 Å². The minimum absolute atomic E-state index is 0.0392. The van der Waals surface area contributed by atoms with Gasteiger partial charge in [0.05, 0.1) is 37.7 Å². The first-order valence-electron chi connectivity index (χ1n) is 17.1. The van der Waals surface area contributed by atoms with E-state index in [1.807, 2.05) is 72.8 Å². The van der Waals surface area contributed by atoms with Crippen LogP contribution in [0, 0.1) is 5.92 Å². The van der Waals surface area contributed by atoms with Crippen LogP contribution in [-0.4, -0.2) is 52.6 Å². The van der Waals surface area contributed by atoms with Crippen molar-refractivity contribution in [1.29, 1.82) is 0 Å². The van der Waals surface area contributed by atoms with Gasteiger partial charge in [-0.1, -0.05) is 73.7 Å². The molecule has 0 aliphatic carbocycles. The lowest BCUT2D eigenvalue weighted by molar-refractivity contribution is -0.139. The summed E-state index contributed by atoms with van der Waals surface area (Å²) in [5.41, 5.74) is 4.93. The molecular formula is C41H41N3O6. The molecule has 0 saturated carbocycles. The van der Waals surface area contributed by atoms with Gasteiger partial charge in [0, 0.05) is 36.6 Å². The summed E-state index contributed by atoms with van der Waals surface area (Å²) in [6.45, 7) is 2.27. The van der Waals surface area contributed by atoms with Crippen molar-refractivity contribution in [2.24, 2.45) is 5.92 Å². The number of aryl methyl sites for hydroxylation is 1. The number of methoxy groups -OCH3 is 1. The predicted molar refractivity (Wildman–Crippen MR) is 191 cm³/mol. The third-order valence-corrected chi connectivity index (χ3v) is 10.4. The van der Waals surface area contributed by atoms with E-state index in [0.29, 0.717) is 36.4 Å². The minimum atomic E-state index is -1.90. The summed E-state index contributed by atoms with van der Waals surface area (Å²) < 4.78 is 5.47. The zero-order valence-corrected chi connectivity index (χ0v) is 28.3. The Kier molecular flexibility index (Phi) is 9.03. The fourth-order valence-corrected chi connectivity index (χ4v) is 7.53. The second kappa shape index (κ2) is 13.6. The number of amides is 3. The quantitative estimate of drug-likeness (QED) is 0.225. The molecule has 50 heavy (non-hydrogen) atoms. The molecule has 9 heteroatoms. The number of carbonyl (C=O) groups is 3. The third kappa shape index (κ3) is 5.86. The first kappa shape index (κ1) is 33.3. The number of hydrogen-bond donors (Lipinski definition) is 2.